The predicted octanol–water partition coefficient (Wildman–Crippen LogP) is 3.29. The maximum Gasteiger partial charge on any atom is 0.405 e. The molecule has 6 heteroatoms. The van der Waals surface area contributed by atoms with Gasteiger partial charge in [-0.25, -0.2) is 0 Å². The number of alkyl halides is 3. The zero-order valence-corrected chi connectivity index (χ0v) is 11.7. The molecular formula is C14H19F3N2O. The molecule has 112 valence electrons. The van der Waals surface area contributed by atoms with Gasteiger partial charge in [-0.2, -0.15) is 13.2 Å². The molecule has 1 amide bonds. The number of anilines is 1. The van der Waals surface area contributed by atoms with Gasteiger partial charge >= 0.3 is 6.18 Å². The minimum atomic E-state index is -4.39. The van der Waals surface area contributed by atoms with Gasteiger partial charge in [0, 0.05) is 5.69 Å². The van der Waals surface area contributed by atoms with Crippen molar-refractivity contribution in [2.45, 2.75) is 38.9 Å². The highest BCUT2D eigenvalue weighted by Crippen LogP contribution is 2.17. The molecule has 1 rings (SSSR count). The molecule has 0 aromatic heterocycles. The topological polar surface area (TPSA) is 41.1 Å². The van der Waals surface area contributed by atoms with Gasteiger partial charge < -0.3 is 10.6 Å². The number of halogens is 3. The summed E-state index contributed by atoms with van der Waals surface area (Å²) in [6, 6.07) is 6.73. The monoisotopic (exact) mass is 288 g/mol. The molecule has 0 fully saturated rings. The fraction of sp³-hybridized carbons (Fsp3) is 0.500. The molecule has 0 aliphatic carbocycles. The van der Waals surface area contributed by atoms with E-state index in [-0.39, 0.29) is 0 Å². The van der Waals surface area contributed by atoms with Crippen molar-refractivity contribution < 1.29 is 18.0 Å². The molecule has 0 bridgehead atoms. The second-order valence-electron chi connectivity index (χ2n) is 4.98. The molecule has 0 aliphatic rings. The first-order valence-corrected chi connectivity index (χ1v) is 6.40. The van der Waals surface area contributed by atoms with Gasteiger partial charge in [0.25, 0.3) is 0 Å². The SMILES string of the molecule is CC(Nc1ccc(C(C)C)cc1)C(=O)NCC(F)(F)F. The molecule has 1 aromatic carbocycles. The van der Waals surface area contributed by atoms with E-state index in [1.54, 1.807) is 0 Å². The Bertz CT molecular complexity index is 441. The summed E-state index contributed by atoms with van der Waals surface area (Å²) in [4.78, 5) is 11.5. The fourth-order valence-corrected chi connectivity index (χ4v) is 1.62. The van der Waals surface area contributed by atoms with Gasteiger partial charge in [-0.3, -0.25) is 4.79 Å². The molecule has 0 aliphatic heterocycles. The lowest BCUT2D eigenvalue weighted by Crippen LogP contribution is -2.42. The van der Waals surface area contributed by atoms with Gasteiger partial charge in [-0.1, -0.05) is 26.0 Å². The Balaban J connectivity index is 2.53. The largest absolute Gasteiger partial charge is 0.405 e. The second-order valence-corrected chi connectivity index (χ2v) is 4.98. The predicted molar refractivity (Wildman–Crippen MR) is 72.7 cm³/mol. The van der Waals surface area contributed by atoms with Crippen LogP contribution in [0.2, 0.25) is 0 Å². The highest BCUT2D eigenvalue weighted by atomic mass is 19.4. The Morgan fingerprint density at radius 3 is 2.15 bits per heavy atom. The Morgan fingerprint density at radius 1 is 1.15 bits per heavy atom. The molecular weight excluding hydrogens is 269 g/mol. The van der Waals surface area contributed by atoms with Gasteiger partial charge in [0.1, 0.15) is 12.6 Å². The van der Waals surface area contributed by atoms with Crippen LogP contribution in [0.25, 0.3) is 0 Å². The number of nitrogens with one attached hydrogen (secondary N) is 2. The van der Waals surface area contributed by atoms with Crippen molar-refractivity contribution in [3.05, 3.63) is 29.8 Å². The molecule has 0 saturated carbocycles. The molecule has 0 heterocycles. The molecule has 0 saturated heterocycles. The normalized spacial score (nSPS) is 13.2. The van der Waals surface area contributed by atoms with Crippen molar-refractivity contribution in [2.75, 3.05) is 11.9 Å². The Kier molecular flexibility index (Phi) is 5.42. The second kappa shape index (κ2) is 6.63. The minimum Gasteiger partial charge on any atom is -0.374 e. The number of carbonyl (C=O) groups is 1. The van der Waals surface area contributed by atoms with Gasteiger partial charge in [0.05, 0.1) is 0 Å². The summed E-state index contributed by atoms with van der Waals surface area (Å²) < 4.78 is 36.0. The molecule has 20 heavy (non-hydrogen) atoms. The van der Waals surface area contributed by atoms with Gasteiger partial charge in [-0.05, 0) is 30.5 Å². The van der Waals surface area contributed by atoms with E-state index in [1.165, 1.54) is 6.92 Å². The highest BCUT2D eigenvalue weighted by Gasteiger charge is 2.28. The van der Waals surface area contributed by atoms with Crippen molar-refractivity contribution >= 4 is 11.6 Å². The van der Waals surface area contributed by atoms with E-state index in [0.29, 0.717) is 11.6 Å². The quantitative estimate of drug-likeness (QED) is 0.873. The number of hydrogen-bond donors (Lipinski definition) is 2. The summed E-state index contributed by atoms with van der Waals surface area (Å²) >= 11 is 0. The van der Waals surface area contributed by atoms with E-state index in [4.69, 9.17) is 0 Å². The van der Waals surface area contributed by atoms with E-state index >= 15 is 0 Å². The Morgan fingerprint density at radius 2 is 1.70 bits per heavy atom. The van der Waals surface area contributed by atoms with Crippen LogP contribution < -0.4 is 10.6 Å². The molecule has 1 atom stereocenters. The molecule has 3 nitrogen and oxygen atoms in total. The Hall–Kier alpha value is -1.72. The smallest absolute Gasteiger partial charge is 0.374 e. The third-order valence-corrected chi connectivity index (χ3v) is 2.82. The van der Waals surface area contributed by atoms with E-state index in [0.717, 1.165) is 5.56 Å². The molecule has 2 N–H and O–H groups in total. The first kappa shape index (κ1) is 16.3. The summed E-state index contributed by atoms with van der Waals surface area (Å²) in [6.07, 6.45) is -4.39. The number of amides is 1. The average molecular weight is 288 g/mol. The maximum absolute atomic E-state index is 12.0. The lowest BCUT2D eigenvalue weighted by atomic mass is 10.0. The van der Waals surface area contributed by atoms with E-state index in [2.05, 4.69) is 19.2 Å². The van der Waals surface area contributed by atoms with Crippen molar-refractivity contribution in [3.63, 3.8) is 0 Å². The average Bonchev–Trinajstić information content (AvgIpc) is 2.35. The first-order valence-electron chi connectivity index (χ1n) is 6.40. The lowest BCUT2D eigenvalue weighted by Gasteiger charge is -2.16. The summed E-state index contributed by atoms with van der Waals surface area (Å²) in [6.45, 7) is 4.33. The van der Waals surface area contributed by atoms with Crippen LogP contribution in [0.15, 0.2) is 24.3 Å². The molecule has 1 aromatic rings. The van der Waals surface area contributed by atoms with Gasteiger partial charge in [0.2, 0.25) is 5.91 Å². The van der Waals surface area contributed by atoms with E-state index in [9.17, 15) is 18.0 Å². The molecule has 0 spiro atoms. The fourth-order valence-electron chi connectivity index (χ4n) is 1.62. The van der Waals surface area contributed by atoms with Crippen LogP contribution in [0, 0.1) is 0 Å². The third-order valence-electron chi connectivity index (χ3n) is 2.82. The van der Waals surface area contributed by atoms with Crippen LogP contribution in [-0.2, 0) is 4.79 Å². The lowest BCUT2D eigenvalue weighted by molar-refractivity contribution is -0.138. The molecule has 1 unspecified atom stereocenters. The number of benzene rings is 1. The standard InChI is InChI=1S/C14H19F3N2O/c1-9(2)11-4-6-12(7-5-11)19-10(3)13(20)18-8-14(15,16)17/h4-7,9-10,19H,8H2,1-3H3,(H,18,20). The summed E-state index contributed by atoms with van der Waals surface area (Å²) in [5.74, 6) is -0.285. The van der Waals surface area contributed by atoms with Crippen molar-refractivity contribution in [1.29, 1.82) is 0 Å². The van der Waals surface area contributed by atoms with Crippen molar-refractivity contribution in [2.24, 2.45) is 0 Å². The first-order chi connectivity index (χ1) is 9.19. The summed E-state index contributed by atoms with van der Waals surface area (Å²) in [7, 11) is 0. The Labute approximate surface area is 116 Å². The zero-order chi connectivity index (χ0) is 15.3. The van der Waals surface area contributed by atoms with Crippen LogP contribution >= 0.6 is 0 Å². The highest BCUT2D eigenvalue weighted by molar-refractivity contribution is 5.84. The zero-order valence-electron chi connectivity index (χ0n) is 11.7. The number of carbonyl (C=O) groups excluding carboxylic acids is 1. The van der Waals surface area contributed by atoms with E-state index < -0.39 is 24.7 Å². The van der Waals surface area contributed by atoms with Crippen LogP contribution in [0.4, 0.5) is 18.9 Å². The van der Waals surface area contributed by atoms with Crippen molar-refractivity contribution in [1.82, 2.24) is 5.32 Å². The van der Waals surface area contributed by atoms with Gasteiger partial charge in [-0.15, -0.1) is 0 Å². The number of rotatable bonds is 5. The summed E-state index contributed by atoms with van der Waals surface area (Å²) in [5.41, 5.74) is 1.86. The molecule has 0 radical (unpaired) electrons. The van der Waals surface area contributed by atoms with Gasteiger partial charge in [0.15, 0.2) is 0 Å². The van der Waals surface area contributed by atoms with Crippen LogP contribution in [0.5, 0.6) is 0 Å². The maximum atomic E-state index is 12.0. The minimum absolute atomic E-state index is 0.400. The summed E-state index contributed by atoms with van der Waals surface area (Å²) in [5, 5.41) is 4.71. The van der Waals surface area contributed by atoms with E-state index in [1.807, 2.05) is 29.6 Å². The number of hydrogen-bond acceptors (Lipinski definition) is 2. The van der Waals surface area contributed by atoms with Crippen LogP contribution in [0.3, 0.4) is 0 Å². The van der Waals surface area contributed by atoms with Crippen LogP contribution in [0.1, 0.15) is 32.3 Å². The van der Waals surface area contributed by atoms with Crippen molar-refractivity contribution in [3.8, 4) is 0 Å². The third kappa shape index (κ3) is 5.50. The van der Waals surface area contributed by atoms with Crippen LogP contribution in [-0.4, -0.2) is 24.7 Å².